The Kier molecular flexibility index (Phi) is 7.93. The number of nitrogens with zero attached hydrogens (tertiary/aromatic N) is 1. The third-order valence-electron chi connectivity index (χ3n) is 3.87. The zero-order valence-electron chi connectivity index (χ0n) is 14.3. The van der Waals surface area contributed by atoms with E-state index in [0.717, 1.165) is 32.5 Å². The van der Waals surface area contributed by atoms with Crippen LogP contribution < -0.4 is 16.4 Å². The molecule has 2 amide bonds. The number of hydrogen-bond acceptors (Lipinski definition) is 3. The number of piperidine rings is 1. The van der Waals surface area contributed by atoms with Gasteiger partial charge in [0.05, 0.1) is 0 Å². The summed E-state index contributed by atoms with van der Waals surface area (Å²) >= 11 is 0. The molecule has 24 heavy (non-hydrogen) atoms. The van der Waals surface area contributed by atoms with E-state index in [9.17, 15) is 9.18 Å². The van der Waals surface area contributed by atoms with Crippen LogP contribution in [0.3, 0.4) is 0 Å². The van der Waals surface area contributed by atoms with Crippen LogP contribution in [0.25, 0.3) is 0 Å². The lowest BCUT2D eigenvalue weighted by Gasteiger charge is -2.36. The van der Waals surface area contributed by atoms with Crippen molar-refractivity contribution in [3.05, 3.63) is 30.1 Å². The number of nitrogens with two attached hydrogens (primary N) is 1. The van der Waals surface area contributed by atoms with Gasteiger partial charge in [0.1, 0.15) is 5.82 Å². The fourth-order valence-electron chi connectivity index (χ4n) is 3.02. The van der Waals surface area contributed by atoms with Gasteiger partial charge in [0.2, 0.25) is 0 Å². The molecule has 1 fully saturated rings. The fourth-order valence-corrected chi connectivity index (χ4v) is 3.02. The van der Waals surface area contributed by atoms with Crippen LogP contribution in [0.2, 0.25) is 0 Å². The van der Waals surface area contributed by atoms with Crippen LogP contribution in [-0.4, -0.2) is 42.6 Å². The smallest absolute Gasteiger partial charge is 0.319 e. The number of nitrogens with one attached hydrogen (secondary N) is 2. The number of rotatable bonds is 5. The molecule has 136 valence electrons. The number of anilines is 1. The first-order valence-electron chi connectivity index (χ1n) is 8.13. The number of urea groups is 1. The molecule has 1 heterocycles. The lowest BCUT2D eigenvalue weighted by molar-refractivity contribution is 0.148. The first-order chi connectivity index (χ1) is 10.8. The molecule has 0 saturated carbocycles. The van der Waals surface area contributed by atoms with E-state index in [1.54, 1.807) is 12.1 Å². The van der Waals surface area contributed by atoms with Gasteiger partial charge in [-0.3, -0.25) is 0 Å². The minimum absolute atomic E-state index is 0. The molecule has 1 aromatic carbocycles. The highest BCUT2D eigenvalue weighted by atomic mass is 35.5. The summed E-state index contributed by atoms with van der Waals surface area (Å²) in [7, 11) is 0. The van der Waals surface area contributed by atoms with Crippen molar-refractivity contribution in [2.75, 3.05) is 31.5 Å². The van der Waals surface area contributed by atoms with E-state index in [1.165, 1.54) is 12.1 Å². The minimum Gasteiger partial charge on any atom is -0.338 e. The van der Waals surface area contributed by atoms with Crippen molar-refractivity contribution < 1.29 is 9.18 Å². The van der Waals surface area contributed by atoms with Gasteiger partial charge in [0.25, 0.3) is 0 Å². The number of hydrogen-bond donors (Lipinski definition) is 3. The van der Waals surface area contributed by atoms with Gasteiger partial charge < -0.3 is 21.3 Å². The number of amides is 2. The summed E-state index contributed by atoms with van der Waals surface area (Å²) in [5, 5.41) is 5.52. The quantitative estimate of drug-likeness (QED) is 0.758. The molecular formula is C17H28ClFN4O. The van der Waals surface area contributed by atoms with Crippen LogP contribution >= 0.6 is 12.4 Å². The molecular weight excluding hydrogens is 331 g/mol. The van der Waals surface area contributed by atoms with E-state index in [2.05, 4.69) is 15.5 Å². The highest BCUT2D eigenvalue weighted by Crippen LogP contribution is 2.17. The van der Waals surface area contributed by atoms with Gasteiger partial charge in [0.15, 0.2) is 0 Å². The van der Waals surface area contributed by atoms with Gasteiger partial charge in [-0.15, -0.1) is 12.4 Å². The van der Waals surface area contributed by atoms with Gasteiger partial charge in [-0.2, -0.15) is 0 Å². The first kappa shape index (κ1) is 20.7. The Morgan fingerprint density at radius 1 is 1.46 bits per heavy atom. The van der Waals surface area contributed by atoms with Crippen molar-refractivity contribution in [2.24, 2.45) is 11.7 Å². The summed E-state index contributed by atoms with van der Waals surface area (Å²) in [6.45, 7) is 7.54. The molecule has 1 atom stereocenters. The highest BCUT2D eigenvalue weighted by Gasteiger charge is 2.24. The Balaban J connectivity index is 0.00000288. The molecule has 7 heteroatoms. The summed E-state index contributed by atoms with van der Waals surface area (Å²) in [6.07, 6.45) is 2.22. The molecule has 2 rings (SSSR count). The van der Waals surface area contributed by atoms with Crippen LogP contribution in [0.1, 0.15) is 26.7 Å². The summed E-state index contributed by atoms with van der Waals surface area (Å²) in [6, 6.07) is 5.57. The van der Waals surface area contributed by atoms with E-state index in [0.29, 0.717) is 18.2 Å². The summed E-state index contributed by atoms with van der Waals surface area (Å²) in [4.78, 5) is 14.3. The summed E-state index contributed by atoms with van der Waals surface area (Å²) in [5.41, 5.74) is 6.33. The average molecular weight is 359 g/mol. The molecule has 0 aromatic heterocycles. The SMILES string of the molecule is CC(C)(N)CN1CCCC(CNC(=O)Nc2cccc(F)c2)C1.Cl. The topological polar surface area (TPSA) is 70.4 Å². The number of likely N-dealkylation sites (tertiary alicyclic amines) is 1. The largest absolute Gasteiger partial charge is 0.338 e. The van der Waals surface area contributed by atoms with Gasteiger partial charge in [-0.1, -0.05) is 6.07 Å². The molecule has 0 radical (unpaired) electrons. The number of carbonyl (C=O) groups excluding carboxylic acids is 1. The van der Waals surface area contributed by atoms with Gasteiger partial charge in [-0.25, -0.2) is 9.18 Å². The van der Waals surface area contributed by atoms with Gasteiger partial charge in [0, 0.05) is 30.9 Å². The molecule has 1 saturated heterocycles. The van der Waals surface area contributed by atoms with Crippen LogP contribution in [-0.2, 0) is 0 Å². The fraction of sp³-hybridized carbons (Fsp3) is 0.588. The molecule has 1 unspecified atom stereocenters. The van der Waals surface area contributed by atoms with Crippen molar-refractivity contribution in [2.45, 2.75) is 32.2 Å². The predicted octanol–water partition coefficient (Wildman–Crippen LogP) is 2.82. The van der Waals surface area contributed by atoms with E-state index in [4.69, 9.17) is 5.73 Å². The van der Waals surface area contributed by atoms with Crippen molar-refractivity contribution in [3.8, 4) is 0 Å². The Bertz CT molecular complexity index is 536. The normalized spacial score (nSPS) is 18.6. The monoisotopic (exact) mass is 358 g/mol. The maximum atomic E-state index is 13.1. The first-order valence-corrected chi connectivity index (χ1v) is 8.13. The standard InChI is InChI=1S/C17H27FN4O.ClH/c1-17(2,19)12-22-8-4-5-13(11-22)10-20-16(23)21-15-7-3-6-14(18)9-15;/h3,6-7,9,13H,4-5,8,10-12,19H2,1-2H3,(H2,20,21,23);1H. The van der Waals surface area contributed by atoms with Crippen LogP contribution in [0, 0.1) is 11.7 Å². The van der Waals surface area contributed by atoms with Crippen molar-refractivity contribution in [1.29, 1.82) is 0 Å². The van der Waals surface area contributed by atoms with E-state index in [-0.39, 0.29) is 29.8 Å². The van der Waals surface area contributed by atoms with Crippen LogP contribution in [0.5, 0.6) is 0 Å². The van der Waals surface area contributed by atoms with E-state index in [1.807, 2.05) is 13.8 Å². The molecule has 1 aliphatic rings. The third kappa shape index (κ3) is 7.47. The van der Waals surface area contributed by atoms with Crippen molar-refractivity contribution in [1.82, 2.24) is 10.2 Å². The molecule has 4 N–H and O–H groups in total. The lowest BCUT2D eigenvalue weighted by atomic mass is 9.96. The predicted molar refractivity (Wildman–Crippen MR) is 98.1 cm³/mol. The maximum absolute atomic E-state index is 13.1. The lowest BCUT2D eigenvalue weighted by Crippen LogP contribution is -2.50. The number of halogens is 2. The second-order valence-electron chi connectivity index (χ2n) is 7.08. The minimum atomic E-state index is -0.366. The molecule has 5 nitrogen and oxygen atoms in total. The molecule has 1 aromatic rings. The Hall–Kier alpha value is -1.37. The Labute approximate surface area is 149 Å². The van der Waals surface area contributed by atoms with E-state index >= 15 is 0 Å². The zero-order chi connectivity index (χ0) is 16.9. The maximum Gasteiger partial charge on any atom is 0.319 e. The third-order valence-corrected chi connectivity index (χ3v) is 3.87. The highest BCUT2D eigenvalue weighted by molar-refractivity contribution is 5.89. The Morgan fingerprint density at radius 3 is 2.88 bits per heavy atom. The van der Waals surface area contributed by atoms with Crippen LogP contribution in [0.15, 0.2) is 24.3 Å². The van der Waals surface area contributed by atoms with Crippen molar-refractivity contribution >= 4 is 24.1 Å². The number of carbonyl (C=O) groups is 1. The summed E-state index contributed by atoms with van der Waals surface area (Å²) < 4.78 is 13.1. The second-order valence-corrected chi connectivity index (χ2v) is 7.08. The molecule has 0 aliphatic carbocycles. The van der Waals surface area contributed by atoms with Crippen molar-refractivity contribution in [3.63, 3.8) is 0 Å². The summed E-state index contributed by atoms with van der Waals surface area (Å²) in [5.74, 6) is 0.0551. The van der Waals surface area contributed by atoms with Crippen LogP contribution in [0.4, 0.5) is 14.9 Å². The Morgan fingerprint density at radius 2 is 2.21 bits per heavy atom. The zero-order valence-corrected chi connectivity index (χ0v) is 15.2. The van der Waals surface area contributed by atoms with E-state index < -0.39 is 0 Å². The molecule has 1 aliphatic heterocycles. The second kappa shape index (κ2) is 9.20. The molecule has 0 spiro atoms. The number of benzene rings is 1. The van der Waals surface area contributed by atoms with Gasteiger partial charge >= 0.3 is 6.03 Å². The van der Waals surface area contributed by atoms with Gasteiger partial charge in [-0.05, 0) is 57.4 Å². The average Bonchev–Trinajstić information content (AvgIpc) is 2.44. The molecule has 0 bridgehead atoms.